The minimum absolute atomic E-state index is 0.334. The van der Waals surface area contributed by atoms with E-state index in [2.05, 4.69) is 0 Å². The molecule has 0 saturated carbocycles. The van der Waals surface area contributed by atoms with E-state index in [9.17, 15) is 14.4 Å². The first kappa shape index (κ1) is 17.3. The van der Waals surface area contributed by atoms with Crippen LogP contribution in [0.25, 0.3) is 0 Å². The smallest absolute Gasteiger partial charge is 0.414 e. The van der Waals surface area contributed by atoms with E-state index in [1.807, 2.05) is 26.8 Å². The number of nitrogens with zero attached hydrogens (tertiary/aromatic N) is 2. The summed E-state index contributed by atoms with van der Waals surface area (Å²) < 4.78 is 5.48. The van der Waals surface area contributed by atoms with Crippen molar-refractivity contribution in [2.24, 2.45) is 0 Å². The molecule has 0 unspecified atom stereocenters. The fourth-order valence-corrected chi connectivity index (χ4v) is 3.54. The molecular weight excluding hydrogens is 344 g/mol. The number of benzene rings is 2. The van der Waals surface area contributed by atoms with E-state index < -0.39 is 11.7 Å². The predicted molar refractivity (Wildman–Crippen MR) is 101 cm³/mol. The number of imide groups is 1. The molecule has 2 aromatic rings. The molecule has 2 aliphatic heterocycles. The van der Waals surface area contributed by atoms with Crippen LogP contribution in [0.3, 0.4) is 0 Å². The minimum atomic E-state index is -0.597. The molecule has 0 fully saturated rings. The molecule has 2 heterocycles. The van der Waals surface area contributed by atoms with E-state index in [-0.39, 0.29) is 11.8 Å². The summed E-state index contributed by atoms with van der Waals surface area (Å²) >= 11 is 0. The number of fused-ring (bicyclic) bond motifs is 2. The summed E-state index contributed by atoms with van der Waals surface area (Å²) in [6.45, 7) is 5.90. The second-order valence-electron chi connectivity index (χ2n) is 7.65. The van der Waals surface area contributed by atoms with Gasteiger partial charge in [-0.25, -0.2) is 9.69 Å². The van der Waals surface area contributed by atoms with Crippen molar-refractivity contribution >= 4 is 29.3 Å². The van der Waals surface area contributed by atoms with Crippen LogP contribution < -0.4 is 9.80 Å². The zero-order chi connectivity index (χ0) is 19.3. The quantitative estimate of drug-likeness (QED) is 0.722. The van der Waals surface area contributed by atoms with Crippen LogP contribution in [-0.2, 0) is 11.2 Å². The lowest BCUT2D eigenvalue weighted by Gasteiger charge is -2.25. The SMILES string of the molecule is CC(C)(C)OC(=O)N1CCc2c1cccc2N1C(=O)c2ccccc2C1=O. The molecule has 0 saturated heterocycles. The molecule has 6 heteroatoms. The number of ether oxygens (including phenoxy) is 1. The van der Waals surface area contributed by atoms with E-state index in [1.165, 1.54) is 4.90 Å². The van der Waals surface area contributed by atoms with Gasteiger partial charge in [-0.15, -0.1) is 0 Å². The number of carbonyl (C=O) groups excluding carboxylic acids is 3. The van der Waals surface area contributed by atoms with Crippen LogP contribution in [0.15, 0.2) is 42.5 Å². The van der Waals surface area contributed by atoms with Crippen molar-refractivity contribution in [2.75, 3.05) is 16.3 Å². The molecule has 0 radical (unpaired) electrons. The van der Waals surface area contributed by atoms with Crippen molar-refractivity contribution in [2.45, 2.75) is 32.8 Å². The topological polar surface area (TPSA) is 66.9 Å². The molecular formula is C21H20N2O4. The highest BCUT2D eigenvalue weighted by atomic mass is 16.6. The third kappa shape index (κ3) is 2.77. The largest absolute Gasteiger partial charge is 0.443 e. The molecule has 3 amide bonds. The van der Waals surface area contributed by atoms with Crippen LogP contribution in [-0.4, -0.2) is 30.1 Å². The zero-order valence-electron chi connectivity index (χ0n) is 15.5. The molecule has 0 spiro atoms. The Kier molecular flexibility index (Phi) is 3.80. The van der Waals surface area contributed by atoms with Crippen molar-refractivity contribution < 1.29 is 19.1 Å². The van der Waals surface area contributed by atoms with Crippen LogP contribution in [0.5, 0.6) is 0 Å². The minimum Gasteiger partial charge on any atom is -0.443 e. The average Bonchev–Trinajstić information content (AvgIpc) is 3.14. The number of carbonyl (C=O) groups is 3. The predicted octanol–water partition coefficient (Wildman–Crippen LogP) is 3.78. The summed E-state index contributed by atoms with van der Waals surface area (Å²) in [4.78, 5) is 40.9. The van der Waals surface area contributed by atoms with Crippen LogP contribution in [0.2, 0.25) is 0 Å². The molecule has 2 aliphatic rings. The van der Waals surface area contributed by atoms with Crippen LogP contribution in [0, 0.1) is 0 Å². The molecule has 138 valence electrons. The van der Waals surface area contributed by atoms with Gasteiger partial charge in [0.05, 0.1) is 22.5 Å². The van der Waals surface area contributed by atoms with Gasteiger partial charge in [-0.05, 0) is 51.5 Å². The Bertz CT molecular complexity index is 939. The Balaban J connectivity index is 1.72. The van der Waals surface area contributed by atoms with Crippen molar-refractivity contribution in [3.63, 3.8) is 0 Å². The molecule has 0 aromatic heterocycles. The van der Waals surface area contributed by atoms with E-state index in [1.54, 1.807) is 41.3 Å². The van der Waals surface area contributed by atoms with E-state index in [0.29, 0.717) is 35.5 Å². The second-order valence-corrected chi connectivity index (χ2v) is 7.65. The standard InChI is InChI=1S/C21H20N2O4/c1-21(2,3)27-20(26)22-12-11-15-16(22)9-6-10-17(15)23-18(24)13-7-4-5-8-14(13)19(23)25/h4-10H,11-12H2,1-3H3. The van der Waals surface area contributed by atoms with Gasteiger partial charge in [0.2, 0.25) is 0 Å². The first-order valence-electron chi connectivity index (χ1n) is 8.88. The number of anilines is 2. The third-order valence-corrected chi connectivity index (χ3v) is 4.65. The van der Waals surface area contributed by atoms with Crippen molar-refractivity contribution in [3.8, 4) is 0 Å². The highest BCUT2D eigenvalue weighted by Gasteiger charge is 2.39. The second kappa shape index (κ2) is 5.94. The van der Waals surface area contributed by atoms with Crippen LogP contribution >= 0.6 is 0 Å². The lowest BCUT2D eigenvalue weighted by atomic mass is 10.1. The molecule has 0 aliphatic carbocycles. The van der Waals surface area contributed by atoms with Crippen molar-refractivity contribution in [1.29, 1.82) is 0 Å². The summed E-state index contributed by atoms with van der Waals surface area (Å²) in [6, 6.07) is 12.1. The maximum Gasteiger partial charge on any atom is 0.414 e. The molecule has 2 aromatic carbocycles. The normalized spacial score (nSPS) is 15.8. The highest BCUT2D eigenvalue weighted by molar-refractivity contribution is 6.34. The van der Waals surface area contributed by atoms with Gasteiger partial charge in [0, 0.05) is 12.1 Å². The van der Waals surface area contributed by atoms with E-state index in [0.717, 1.165) is 5.56 Å². The van der Waals surface area contributed by atoms with Gasteiger partial charge in [0.25, 0.3) is 11.8 Å². The fourth-order valence-electron chi connectivity index (χ4n) is 3.54. The maximum atomic E-state index is 12.8. The molecule has 27 heavy (non-hydrogen) atoms. The molecule has 4 rings (SSSR count). The average molecular weight is 364 g/mol. The molecule has 0 atom stereocenters. The monoisotopic (exact) mass is 364 g/mol. The first-order chi connectivity index (χ1) is 12.8. The molecule has 0 N–H and O–H groups in total. The Morgan fingerprint density at radius 2 is 1.52 bits per heavy atom. The van der Waals surface area contributed by atoms with Crippen molar-refractivity contribution in [1.82, 2.24) is 0 Å². The zero-order valence-corrected chi connectivity index (χ0v) is 15.5. The fraction of sp³-hybridized carbons (Fsp3) is 0.286. The summed E-state index contributed by atoms with van der Waals surface area (Å²) in [7, 11) is 0. The number of hydrogen-bond donors (Lipinski definition) is 0. The highest BCUT2D eigenvalue weighted by Crippen LogP contribution is 2.39. The number of amides is 3. The Morgan fingerprint density at radius 3 is 2.11 bits per heavy atom. The van der Waals surface area contributed by atoms with Crippen molar-refractivity contribution in [3.05, 3.63) is 59.2 Å². The van der Waals surface area contributed by atoms with Gasteiger partial charge >= 0.3 is 6.09 Å². The Labute approximate surface area is 157 Å². The van der Waals surface area contributed by atoms with Gasteiger partial charge in [-0.2, -0.15) is 0 Å². The van der Waals surface area contributed by atoms with E-state index in [4.69, 9.17) is 4.74 Å². The summed E-state index contributed by atoms with van der Waals surface area (Å²) in [5, 5.41) is 0. The lowest BCUT2D eigenvalue weighted by molar-refractivity contribution is 0.0583. The molecule has 0 bridgehead atoms. The van der Waals surface area contributed by atoms with Gasteiger partial charge in [-0.3, -0.25) is 14.5 Å². The van der Waals surface area contributed by atoms with Crippen LogP contribution in [0.1, 0.15) is 47.1 Å². The van der Waals surface area contributed by atoms with Crippen LogP contribution in [0.4, 0.5) is 16.2 Å². The summed E-state index contributed by atoms with van der Waals surface area (Å²) in [6.07, 6.45) is 0.124. The Morgan fingerprint density at radius 1 is 0.926 bits per heavy atom. The van der Waals surface area contributed by atoms with Gasteiger partial charge < -0.3 is 4.74 Å². The number of rotatable bonds is 1. The number of hydrogen-bond acceptors (Lipinski definition) is 4. The van der Waals surface area contributed by atoms with E-state index >= 15 is 0 Å². The van der Waals surface area contributed by atoms with Gasteiger partial charge in [0.15, 0.2) is 0 Å². The Hall–Kier alpha value is -3.15. The third-order valence-electron chi connectivity index (χ3n) is 4.65. The van der Waals surface area contributed by atoms with Gasteiger partial charge in [-0.1, -0.05) is 18.2 Å². The van der Waals surface area contributed by atoms with Gasteiger partial charge in [0.1, 0.15) is 5.60 Å². The molecule has 6 nitrogen and oxygen atoms in total. The lowest BCUT2D eigenvalue weighted by Crippen LogP contribution is -2.35. The summed E-state index contributed by atoms with van der Waals surface area (Å²) in [5.41, 5.74) is 2.23. The maximum absolute atomic E-state index is 12.8. The summed E-state index contributed by atoms with van der Waals surface area (Å²) in [5.74, 6) is -0.667. The first-order valence-corrected chi connectivity index (χ1v) is 8.88.